The Labute approximate surface area is 159 Å². The van der Waals surface area contributed by atoms with Crippen LogP contribution in [-0.4, -0.2) is 16.9 Å². The number of carbonyl (C=O) groups excluding carboxylic acids is 2. The second-order valence-electron chi connectivity index (χ2n) is 5.80. The van der Waals surface area contributed by atoms with Crippen LogP contribution in [0.15, 0.2) is 48.5 Å². The summed E-state index contributed by atoms with van der Waals surface area (Å²) in [5.74, 6) is -0.807. The lowest BCUT2D eigenvalue weighted by atomic mass is 10.2. The smallest absolute Gasteiger partial charge is 0.321 e. The van der Waals surface area contributed by atoms with Gasteiger partial charge in [0.1, 0.15) is 10.7 Å². The molecule has 0 spiro atoms. The van der Waals surface area contributed by atoms with Gasteiger partial charge >= 0.3 is 6.03 Å². The molecule has 8 heteroatoms. The van der Waals surface area contributed by atoms with Crippen molar-refractivity contribution in [2.24, 2.45) is 0 Å². The van der Waals surface area contributed by atoms with Crippen LogP contribution in [0.5, 0.6) is 0 Å². The fraction of sp³-hybridized carbons (Fsp3) is 0.105. The van der Waals surface area contributed by atoms with E-state index in [1.54, 1.807) is 50.2 Å². The molecule has 138 valence electrons. The Kier molecular flexibility index (Phi) is 5.46. The summed E-state index contributed by atoms with van der Waals surface area (Å²) in [7, 11) is 0. The van der Waals surface area contributed by atoms with Crippen molar-refractivity contribution in [3.63, 3.8) is 0 Å². The van der Waals surface area contributed by atoms with Crippen LogP contribution >= 0.6 is 11.3 Å². The van der Waals surface area contributed by atoms with Crippen LogP contribution in [0.2, 0.25) is 0 Å². The van der Waals surface area contributed by atoms with Gasteiger partial charge in [0.2, 0.25) is 0 Å². The zero-order valence-corrected chi connectivity index (χ0v) is 15.5. The first-order chi connectivity index (χ1) is 12.9. The third kappa shape index (κ3) is 4.68. The van der Waals surface area contributed by atoms with Crippen molar-refractivity contribution in [1.29, 1.82) is 0 Å². The molecule has 1 heterocycles. The Morgan fingerprint density at radius 1 is 0.963 bits per heavy atom. The first-order valence-corrected chi connectivity index (χ1v) is 8.92. The monoisotopic (exact) mass is 384 g/mol. The number of para-hydroxylation sites is 1. The van der Waals surface area contributed by atoms with E-state index in [1.165, 1.54) is 6.07 Å². The number of aryl methyl sites for hydroxylation is 2. The molecule has 3 N–H and O–H groups in total. The second kappa shape index (κ2) is 7.96. The van der Waals surface area contributed by atoms with Crippen LogP contribution in [0.3, 0.4) is 0 Å². The number of thiazole rings is 1. The summed E-state index contributed by atoms with van der Waals surface area (Å²) in [4.78, 5) is 29.0. The van der Waals surface area contributed by atoms with E-state index in [9.17, 15) is 14.0 Å². The van der Waals surface area contributed by atoms with Gasteiger partial charge in [-0.2, -0.15) is 0 Å². The van der Waals surface area contributed by atoms with E-state index in [-0.39, 0.29) is 0 Å². The third-order valence-electron chi connectivity index (χ3n) is 3.68. The van der Waals surface area contributed by atoms with Crippen LogP contribution in [-0.2, 0) is 0 Å². The average Bonchev–Trinajstić information content (AvgIpc) is 2.99. The number of benzene rings is 2. The molecule has 0 atom stereocenters. The number of hydrogen-bond acceptors (Lipinski definition) is 4. The van der Waals surface area contributed by atoms with Gasteiger partial charge in [0, 0.05) is 11.4 Å². The summed E-state index contributed by atoms with van der Waals surface area (Å²) in [5, 5.41) is 8.21. The molecule has 0 bridgehead atoms. The Hall–Kier alpha value is -3.26. The molecule has 2 aromatic carbocycles. The Bertz CT molecular complexity index is 989. The molecule has 0 saturated carbocycles. The maximum atomic E-state index is 13.6. The van der Waals surface area contributed by atoms with Crippen molar-refractivity contribution in [2.75, 3.05) is 16.0 Å². The zero-order valence-electron chi connectivity index (χ0n) is 14.7. The molecule has 3 amide bonds. The van der Waals surface area contributed by atoms with Gasteiger partial charge in [0.05, 0.1) is 5.69 Å². The van der Waals surface area contributed by atoms with Crippen LogP contribution in [0.25, 0.3) is 0 Å². The molecular weight excluding hydrogens is 367 g/mol. The summed E-state index contributed by atoms with van der Waals surface area (Å²) in [6.45, 7) is 3.31. The highest BCUT2D eigenvalue weighted by Gasteiger charge is 2.17. The number of carbonyl (C=O) groups is 2. The average molecular weight is 384 g/mol. The molecule has 0 saturated heterocycles. The molecule has 27 heavy (non-hydrogen) atoms. The summed E-state index contributed by atoms with van der Waals surface area (Å²) >= 11 is 1.04. The summed E-state index contributed by atoms with van der Waals surface area (Å²) in [6, 6.07) is 13.0. The van der Waals surface area contributed by atoms with Crippen LogP contribution in [0, 0.1) is 19.7 Å². The predicted molar refractivity (Wildman–Crippen MR) is 105 cm³/mol. The van der Waals surface area contributed by atoms with Gasteiger partial charge in [-0.15, -0.1) is 0 Å². The van der Waals surface area contributed by atoms with Crippen LogP contribution in [0.4, 0.5) is 25.7 Å². The highest BCUT2D eigenvalue weighted by atomic mass is 32.1. The lowest BCUT2D eigenvalue weighted by Crippen LogP contribution is -2.19. The number of amides is 3. The van der Waals surface area contributed by atoms with Crippen LogP contribution < -0.4 is 16.0 Å². The largest absolute Gasteiger partial charge is 0.325 e. The molecule has 0 aliphatic heterocycles. The molecule has 1 aromatic heterocycles. The Morgan fingerprint density at radius 2 is 1.70 bits per heavy atom. The van der Waals surface area contributed by atoms with Crippen molar-refractivity contribution < 1.29 is 14.0 Å². The van der Waals surface area contributed by atoms with Crippen LogP contribution in [0.1, 0.15) is 20.9 Å². The minimum Gasteiger partial charge on any atom is -0.321 e. The summed E-state index contributed by atoms with van der Waals surface area (Å²) in [5.41, 5.74) is 1.97. The standard InChI is InChI=1S/C19H17FN4O2S/c1-11-8-9-14(10-15(11)20)22-17(25)16-12(2)21-19(27-16)24-18(26)23-13-6-4-3-5-7-13/h3-10H,1-2H3,(H,22,25)(H2,21,23,24,26). The Morgan fingerprint density at radius 3 is 2.41 bits per heavy atom. The molecule has 3 rings (SSSR count). The van der Waals surface area contributed by atoms with Gasteiger partial charge < -0.3 is 10.6 Å². The lowest BCUT2D eigenvalue weighted by molar-refractivity contribution is 0.103. The third-order valence-corrected chi connectivity index (χ3v) is 4.76. The van der Waals surface area contributed by atoms with Gasteiger partial charge in [-0.25, -0.2) is 14.2 Å². The molecule has 0 aliphatic rings. The summed E-state index contributed by atoms with van der Waals surface area (Å²) in [6.07, 6.45) is 0. The molecule has 0 aliphatic carbocycles. The van der Waals surface area contributed by atoms with E-state index >= 15 is 0 Å². The quantitative estimate of drug-likeness (QED) is 0.604. The number of nitrogens with zero attached hydrogens (tertiary/aromatic N) is 1. The highest BCUT2D eigenvalue weighted by Crippen LogP contribution is 2.24. The SMILES string of the molecule is Cc1ccc(NC(=O)c2sc(NC(=O)Nc3ccccc3)nc2C)cc1F. The van der Waals surface area contributed by atoms with E-state index in [0.29, 0.717) is 32.6 Å². The van der Waals surface area contributed by atoms with Crippen molar-refractivity contribution in [2.45, 2.75) is 13.8 Å². The summed E-state index contributed by atoms with van der Waals surface area (Å²) < 4.78 is 13.6. The number of halogens is 1. The highest BCUT2D eigenvalue weighted by molar-refractivity contribution is 7.17. The van der Waals surface area contributed by atoms with Crippen molar-refractivity contribution >= 4 is 39.8 Å². The fourth-order valence-corrected chi connectivity index (χ4v) is 3.16. The molecular formula is C19H17FN4O2S. The van der Waals surface area contributed by atoms with Crippen molar-refractivity contribution in [1.82, 2.24) is 4.98 Å². The molecule has 3 aromatic rings. The topological polar surface area (TPSA) is 83.1 Å². The molecule has 0 fully saturated rings. The zero-order chi connectivity index (χ0) is 19.4. The minimum absolute atomic E-state index is 0.293. The van der Waals surface area contributed by atoms with Gasteiger partial charge in [0.15, 0.2) is 5.13 Å². The normalized spacial score (nSPS) is 10.3. The number of anilines is 3. The maximum Gasteiger partial charge on any atom is 0.325 e. The number of hydrogen-bond donors (Lipinski definition) is 3. The molecule has 6 nitrogen and oxygen atoms in total. The van der Waals surface area contributed by atoms with E-state index in [2.05, 4.69) is 20.9 Å². The van der Waals surface area contributed by atoms with Gasteiger partial charge in [0.25, 0.3) is 5.91 Å². The van der Waals surface area contributed by atoms with Gasteiger partial charge in [-0.05, 0) is 43.7 Å². The maximum absolute atomic E-state index is 13.6. The van der Waals surface area contributed by atoms with Gasteiger partial charge in [-0.1, -0.05) is 35.6 Å². The van der Waals surface area contributed by atoms with Gasteiger partial charge in [-0.3, -0.25) is 10.1 Å². The van der Waals surface area contributed by atoms with E-state index in [0.717, 1.165) is 11.3 Å². The number of nitrogens with one attached hydrogen (secondary N) is 3. The fourth-order valence-electron chi connectivity index (χ4n) is 2.30. The first-order valence-electron chi connectivity index (χ1n) is 8.10. The van der Waals surface area contributed by atoms with E-state index in [4.69, 9.17) is 0 Å². The first kappa shape index (κ1) is 18.5. The number of urea groups is 1. The molecule has 0 radical (unpaired) electrons. The van der Waals surface area contributed by atoms with Crippen molar-refractivity contribution in [3.05, 3.63) is 70.5 Å². The lowest BCUT2D eigenvalue weighted by Gasteiger charge is -2.05. The molecule has 0 unspecified atom stereocenters. The Balaban J connectivity index is 1.67. The van der Waals surface area contributed by atoms with E-state index < -0.39 is 17.8 Å². The number of rotatable bonds is 4. The van der Waals surface area contributed by atoms with E-state index in [1.807, 2.05) is 6.07 Å². The minimum atomic E-state index is -0.456. The predicted octanol–water partition coefficient (Wildman–Crippen LogP) is 4.80. The second-order valence-corrected chi connectivity index (χ2v) is 6.80. The van der Waals surface area contributed by atoms with Crippen molar-refractivity contribution in [3.8, 4) is 0 Å². The number of aromatic nitrogens is 1.